The molecule has 1 aliphatic rings. The van der Waals surface area contributed by atoms with Gasteiger partial charge >= 0.3 is 0 Å². The van der Waals surface area contributed by atoms with Gasteiger partial charge < -0.3 is 15.8 Å². The third-order valence-electron chi connectivity index (χ3n) is 2.50. The Bertz CT molecular complexity index is 310. The van der Waals surface area contributed by atoms with Gasteiger partial charge in [0.15, 0.2) is 0 Å². The van der Waals surface area contributed by atoms with Crippen LogP contribution in [0.5, 0.6) is 5.88 Å². The number of hydrogen-bond acceptors (Lipinski definition) is 4. The number of nitrogens with one attached hydrogen (secondary N) is 1. The van der Waals surface area contributed by atoms with E-state index in [4.69, 9.17) is 10.5 Å². The number of ether oxygens (including phenoxy) is 1. The third-order valence-corrected chi connectivity index (χ3v) is 2.50. The Labute approximate surface area is 83.5 Å². The molecule has 1 aliphatic carbocycles. The average Bonchev–Trinajstić information content (AvgIpc) is 2.16. The van der Waals surface area contributed by atoms with E-state index in [-0.39, 0.29) is 0 Å². The van der Waals surface area contributed by atoms with Gasteiger partial charge in [-0.25, -0.2) is 4.98 Å². The lowest BCUT2D eigenvalue weighted by Crippen LogP contribution is -2.44. The molecule has 1 aromatic heterocycles. The molecule has 0 saturated heterocycles. The van der Waals surface area contributed by atoms with E-state index in [2.05, 4.69) is 10.3 Å². The van der Waals surface area contributed by atoms with Crippen LogP contribution in [0.15, 0.2) is 18.3 Å². The smallest absolute Gasteiger partial charge is 0.237 e. The Kier molecular flexibility index (Phi) is 2.54. The molecule has 0 radical (unpaired) electrons. The van der Waals surface area contributed by atoms with Crippen LogP contribution in [-0.2, 0) is 0 Å². The van der Waals surface area contributed by atoms with E-state index in [1.807, 2.05) is 12.1 Å². The number of rotatable bonds is 3. The fourth-order valence-electron chi connectivity index (χ4n) is 1.66. The summed E-state index contributed by atoms with van der Waals surface area (Å²) in [6, 6.07) is 4.69. The molecule has 0 aromatic carbocycles. The van der Waals surface area contributed by atoms with Crippen LogP contribution in [0, 0.1) is 0 Å². The molecule has 0 atom stereocenters. The molecule has 0 amide bonds. The van der Waals surface area contributed by atoms with E-state index in [1.54, 1.807) is 13.3 Å². The van der Waals surface area contributed by atoms with Gasteiger partial charge in [-0.05, 0) is 25.0 Å². The van der Waals surface area contributed by atoms with Gasteiger partial charge in [0.2, 0.25) is 5.88 Å². The molecular weight excluding hydrogens is 178 g/mol. The zero-order chi connectivity index (χ0) is 9.97. The number of methoxy groups -OCH3 is 1. The molecule has 76 valence electrons. The van der Waals surface area contributed by atoms with Crippen molar-refractivity contribution in [3.63, 3.8) is 0 Å². The topological polar surface area (TPSA) is 60.2 Å². The standard InChI is InChI=1S/C10H15N3O/c1-14-10-9(3-2-4-12-10)13-8-5-7(11)6-8/h2-4,7-8,13H,5-6,11H2,1H3. The second-order valence-electron chi connectivity index (χ2n) is 3.63. The SMILES string of the molecule is COc1ncccc1NC1CC(N)C1. The van der Waals surface area contributed by atoms with Gasteiger partial charge in [0.25, 0.3) is 0 Å². The molecule has 1 fully saturated rings. The van der Waals surface area contributed by atoms with Gasteiger partial charge in [0.05, 0.1) is 12.8 Å². The van der Waals surface area contributed by atoms with E-state index in [1.165, 1.54) is 0 Å². The Morgan fingerprint density at radius 3 is 3.00 bits per heavy atom. The number of aromatic nitrogens is 1. The number of anilines is 1. The van der Waals surface area contributed by atoms with Crippen molar-refractivity contribution in [3.8, 4) is 5.88 Å². The third kappa shape index (κ3) is 1.80. The molecule has 1 heterocycles. The van der Waals surface area contributed by atoms with Crippen LogP contribution in [0.2, 0.25) is 0 Å². The first kappa shape index (κ1) is 9.27. The van der Waals surface area contributed by atoms with Gasteiger partial charge in [0.1, 0.15) is 0 Å². The molecule has 0 aliphatic heterocycles. The van der Waals surface area contributed by atoms with Gasteiger partial charge in [-0.15, -0.1) is 0 Å². The molecule has 4 nitrogen and oxygen atoms in total. The van der Waals surface area contributed by atoms with Crippen molar-refractivity contribution in [2.75, 3.05) is 12.4 Å². The summed E-state index contributed by atoms with van der Waals surface area (Å²) in [5, 5.41) is 3.36. The second-order valence-corrected chi connectivity index (χ2v) is 3.63. The van der Waals surface area contributed by atoms with E-state index in [9.17, 15) is 0 Å². The molecular formula is C10H15N3O. The molecule has 2 rings (SSSR count). The van der Waals surface area contributed by atoms with Crippen LogP contribution in [0.1, 0.15) is 12.8 Å². The maximum Gasteiger partial charge on any atom is 0.237 e. The minimum absolute atomic E-state index is 0.357. The number of nitrogens with two attached hydrogens (primary N) is 1. The van der Waals surface area contributed by atoms with Crippen LogP contribution in [-0.4, -0.2) is 24.2 Å². The fraction of sp³-hybridized carbons (Fsp3) is 0.500. The van der Waals surface area contributed by atoms with Crippen LogP contribution >= 0.6 is 0 Å². The number of pyridine rings is 1. The van der Waals surface area contributed by atoms with Crippen LogP contribution < -0.4 is 15.8 Å². The summed E-state index contributed by atoms with van der Waals surface area (Å²) in [6.07, 6.45) is 3.77. The summed E-state index contributed by atoms with van der Waals surface area (Å²) in [5.74, 6) is 0.646. The highest BCUT2D eigenvalue weighted by Crippen LogP contribution is 2.26. The molecule has 4 heteroatoms. The quantitative estimate of drug-likeness (QED) is 0.751. The molecule has 1 aromatic rings. The van der Waals surface area contributed by atoms with Gasteiger partial charge in [-0.3, -0.25) is 0 Å². The van der Waals surface area contributed by atoms with Crippen molar-refractivity contribution in [1.82, 2.24) is 4.98 Å². The first-order valence-corrected chi connectivity index (χ1v) is 4.80. The van der Waals surface area contributed by atoms with Crippen molar-refractivity contribution >= 4 is 5.69 Å². The first-order valence-electron chi connectivity index (χ1n) is 4.80. The predicted octanol–water partition coefficient (Wildman–Crippen LogP) is 0.992. The van der Waals surface area contributed by atoms with Crippen molar-refractivity contribution < 1.29 is 4.74 Å². The molecule has 14 heavy (non-hydrogen) atoms. The Morgan fingerprint density at radius 2 is 2.36 bits per heavy atom. The first-order chi connectivity index (χ1) is 6.79. The highest BCUT2D eigenvalue weighted by Gasteiger charge is 2.26. The Morgan fingerprint density at radius 1 is 1.57 bits per heavy atom. The van der Waals surface area contributed by atoms with E-state index >= 15 is 0 Å². The van der Waals surface area contributed by atoms with Crippen molar-refractivity contribution in [3.05, 3.63) is 18.3 Å². The van der Waals surface area contributed by atoms with E-state index in [0.717, 1.165) is 18.5 Å². The predicted molar refractivity (Wildman–Crippen MR) is 55.4 cm³/mol. The highest BCUT2D eigenvalue weighted by atomic mass is 16.5. The van der Waals surface area contributed by atoms with Gasteiger partial charge in [0, 0.05) is 18.3 Å². The highest BCUT2D eigenvalue weighted by molar-refractivity contribution is 5.53. The van der Waals surface area contributed by atoms with Gasteiger partial charge in [-0.2, -0.15) is 0 Å². The van der Waals surface area contributed by atoms with Crippen LogP contribution in [0.3, 0.4) is 0 Å². The number of hydrogen-bond donors (Lipinski definition) is 2. The summed E-state index contributed by atoms with van der Waals surface area (Å²) in [7, 11) is 1.63. The lowest BCUT2D eigenvalue weighted by atomic mass is 9.87. The van der Waals surface area contributed by atoms with Gasteiger partial charge in [-0.1, -0.05) is 0 Å². The van der Waals surface area contributed by atoms with Crippen molar-refractivity contribution in [1.29, 1.82) is 0 Å². The maximum atomic E-state index is 5.71. The van der Waals surface area contributed by atoms with Crippen LogP contribution in [0.4, 0.5) is 5.69 Å². The Hall–Kier alpha value is -1.29. The maximum absolute atomic E-state index is 5.71. The van der Waals surface area contributed by atoms with E-state index in [0.29, 0.717) is 18.0 Å². The monoisotopic (exact) mass is 193 g/mol. The minimum atomic E-state index is 0.357. The summed E-state index contributed by atoms with van der Waals surface area (Å²) in [5.41, 5.74) is 6.66. The molecule has 0 unspecified atom stereocenters. The van der Waals surface area contributed by atoms with Crippen molar-refractivity contribution in [2.45, 2.75) is 24.9 Å². The van der Waals surface area contributed by atoms with Crippen molar-refractivity contribution in [2.24, 2.45) is 5.73 Å². The number of nitrogens with zero attached hydrogens (tertiary/aromatic N) is 1. The summed E-state index contributed by atoms with van der Waals surface area (Å²) >= 11 is 0. The zero-order valence-electron chi connectivity index (χ0n) is 8.23. The molecule has 0 spiro atoms. The Balaban J connectivity index is 2.01. The summed E-state index contributed by atoms with van der Waals surface area (Å²) in [4.78, 5) is 4.11. The lowest BCUT2D eigenvalue weighted by Gasteiger charge is -2.33. The second kappa shape index (κ2) is 3.84. The fourth-order valence-corrected chi connectivity index (χ4v) is 1.66. The molecule has 0 bridgehead atoms. The minimum Gasteiger partial charge on any atom is -0.480 e. The average molecular weight is 193 g/mol. The summed E-state index contributed by atoms with van der Waals surface area (Å²) in [6.45, 7) is 0. The van der Waals surface area contributed by atoms with E-state index < -0.39 is 0 Å². The molecule has 3 N–H and O–H groups in total. The molecule has 1 saturated carbocycles. The lowest BCUT2D eigenvalue weighted by molar-refractivity contribution is 0.367. The summed E-state index contributed by atoms with van der Waals surface area (Å²) < 4.78 is 5.14. The van der Waals surface area contributed by atoms with Crippen LogP contribution in [0.25, 0.3) is 0 Å². The normalized spacial score (nSPS) is 25.3. The largest absolute Gasteiger partial charge is 0.480 e. The zero-order valence-corrected chi connectivity index (χ0v) is 8.23.